The van der Waals surface area contributed by atoms with Crippen molar-refractivity contribution in [1.82, 2.24) is 0 Å². The quantitative estimate of drug-likeness (QED) is 0.321. The molecule has 122 valence electrons. The predicted octanol–water partition coefficient (Wildman–Crippen LogP) is 6.65. The Kier molecular flexibility index (Phi) is 11.8. The summed E-state index contributed by atoms with van der Waals surface area (Å²) in [5.74, 6) is 0. The molecule has 0 fully saturated rings. The van der Waals surface area contributed by atoms with Gasteiger partial charge in [-0.3, -0.25) is 0 Å². The van der Waals surface area contributed by atoms with Crippen molar-refractivity contribution < 1.29 is 0 Å². The van der Waals surface area contributed by atoms with E-state index in [4.69, 9.17) is 0 Å². The third-order valence-corrected chi connectivity index (χ3v) is 4.68. The third-order valence-electron chi connectivity index (χ3n) is 4.68. The molecule has 0 atom stereocenters. The molecule has 2 aromatic carbocycles. The Morgan fingerprint density at radius 3 is 1.87 bits per heavy atom. The molecule has 0 saturated carbocycles. The Bertz CT molecular complexity index is 527. The van der Waals surface area contributed by atoms with Crippen molar-refractivity contribution in [3.8, 4) is 0 Å². The average molecular weight is 320 g/mol. The molecule has 0 amide bonds. The van der Waals surface area contributed by atoms with Gasteiger partial charge in [0.25, 0.3) is 0 Å². The van der Waals surface area contributed by atoms with E-state index in [1.165, 1.54) is 87.0 Å². The maximum absolute atomic E-state index is 2.30. The second-order valence-electron chi connectivity index (χ2n) is 6.57. The summed E-state index contributed by atoms with van der Waals surface area (Å²) in [7, 11) is 0. The van der Waals surface area contributed by atoms with Crippen molar-refractivity contribution in [3.05, 3.63) is 48.0 Å². The Morgan fingerprint density at radius 2 is 1.17 bits per heavy atom. The number of rotatable bonds is 11. The van der Waals surface area contributed by atoms with Gasteiger partial charge in [-0.2, -0.15) is 0 Å². The second-order valence-corrected chi connectivity index (χ2v) is 6.57. The van der Waals surface area contributed by atoms with Crippen molar-refractivity contribution in [2.75, 3.05) is 0 Å². The number of hydrogen-bond acceptors (Lipinski definition) is 0. The fourth-order valence-corrected chi connectivity index (χ4v) is 3.31. The van der Waals surface area contributed by atoms with Crippen LogP contribution in [-0.2, 0) is 6.42 Å². The van der Waals surface area contributed by atoms with Gasteiger partial charge in [-0.1, -0.05) is 107 Å². The summed E-state index contributed by atoms with van der Waals surface area (Å²) >= 11 is 0. The zero-order valence-electron chi connectivity index (χ0n) is 14.3. The van der Waals surface area contributed by atoms with Crippen molar-refractivity contribution in [3.63, 3.8) is 0 Å². The molecule has 0 bridgehead atoms. The molecule has 0 radical (unpaired) electrons. The normalized spacial score (nSPS) is 10.7. The fraction of sp³-hybridized carbons (Fsp3) is 0.545. The van der Waals surface area contributed by atoms with Gasteiger partial charge in [0.2, 0.25) is 0 Å². The van der Waals surface area contributed by atoms with E-state index in [1.54, 1.807) is 0 Å². The van der Waals surface area contributed by atoms with Gasteiger partial charge in [0, 0.05) is 0 Å². The molecule has 2 rings (SSSR count). The van der Waals surface area contributed by atoms with E-state index in [-0.39, 0.29) is 29.6 Å². The van der Waals surface area contributed by atoms with Crippen molar-refractivity contribution in [1.29, 1.82) is 0 Å². The first-order chi connectivity index (χ1) is 10.9. The maximum atomic E-state index is 2.30. The van der Waals surface area contributed by atoms with Crippen LogP contribution in [-0.4, -0.2) is 29.6 Å². The van der Waals surface area contributed by atoms with E-state index in [1.807, 2.05) is 0 Å². The van der Waals surface area contributed by atoms with Crippen LogP contribution in [0.5, 0.6) is 0 Å². The Hall–Kier alpha value is -0.300. The first-order valence-corrected chi connectivity index (χ1v) is 9.38. The molecule has 2 aromatic rings. The SMILES string of the molecule is CCCCCCCCCCCCc1cccc2ccccc12.[NaH]. The van der Waals surface area contributed by atoms with Crippen LogP contribution in [0.4, 0.5) is 0 Å². The Labute approximate surface area is 165 Å². The van der Waals surface area contributed by atoms with Gasteiger partial charge in [-0.05, 0) is 29.2 Å². The molecule has 23 heavy (non-hydrogen) atoms. The van der Waals surface area contributed by atoms with Gasteiger partial charge < -0.3 is 0 Å². The van der Waals surface area contributed by atoms with Crippen LogP contribution in [0.25, 0.3) is 10.8 Å². The summed E-state index contributed by atoms with van der Waals surface area (Å²) in [4.78, 5) is 0. The molecule has 0 N–H and O–H groups in total. The number of hydrogen-bond donors (Lipinski definition) is 0. The van der Waals surface area contributed by atoms with Gasteiger partial charge in [-0.25, -0.2) is 0 Å². The first-order valence-electron chi connectivity index (χ1n) is 9.38. The number of benzene rings is 2. The van der Waals surface area contributed by atoms with E-state index in [0.29, 0.717) is 0 Å². The zero-order valence-corrected chi connectivity index (χ0v) is 14.3. The Morgan fingerprint density at radius 1 is 0.609 bits per heavy atom. The number of aryl methyl sites for hydroxylation is 1. The molecule has 0 aliphatic carbocycles. The summed E-state index contributed by atoms with van der Waals surface area (Å²) in [6.07, 6.45) is 15.4. The third kappa shape index (κ3) is 7.88. The molecule has 0 spiro atoms. The summed E-state index contributed by atoms with van der Waals surface area (Å²) in [5.41, 5.74) is 1.53. The second kappa shape index (κ2) is 13.0. The molecular weight excluding hydrogens is 287 g/mol. The van der Waals surface area contributed by atoms with Crippen molar-refractivity contribution in [2.45, 2.75) is 77.6 Å². The van der Waals surface area contributed by atoms with Crippen molar-refractivity contribution >= 4 is 40.3 Å². The molecule has 0 saturated heterocycles. The molecule has 0 aliphatic rings. The average Bonchev–Trinajstić information content (AvgIpc) is 2.56. The summed E-state index contributed by atoms with van der Waals surface area (Å²) in [6, 6.07) is 15.5. The zero-order chi connectivity index (χ0) is 15.5. The fourth-order valence-electron chi connectivity index (χ4n) is 3.31. The van der Waals surface area contributed by atoms with Crippen LogP contribution in [0, 0.1) is 0 Å². The predicted molar refractivity (Wildman–Crippen MR) is 107 cm³/mol. The first kappa shape index (κ1) is 20.7. The number of fused-ring (bicyclic) bond motifs is 1. The van der Waals surface area contributed by atoms with E-state index in [2.05, 4.69) is 49.4 Å². The van der Waals surface area contributed by atoms with E-state index in [9.17, 15) is 0 Å². The summed E-state index contributed by atoms with van der Waals surface area (Å²) in [5, 5.41) is 2.83. The number of unbranched alkanes of at least 4 members (excludes halogenated alkanes) is 9. The molecule has 0 heterocycles. The molecule has 0 nitrogen and oxygen atoms in total. The summed E-state index contributed by atoms with van der Waals surface area (Å²) in [6.45, 7) is 2.29. The van der Waals surface area contributed by atoms with Gasteiger partial charge in [0.15, 0.2) is 0 Å². The van der Waals surface area contributed by atoms with Crippen LogP contribution in [0.2, 0.25) is 0 Å². The van der Waals surface area contributed by atoms with Crippen molar-refractivity contribution in [2.24, 2.45) is 0 Å². The van der Waals surface area contributed by atoms with Crippen LogP contribution in [0.1, 0.15) is 76.7 Å². The summed E-state index contributed by atoms with van der Waals surface area (Å²) < 4.78 is 0. The van der Waals surface area contributed by atoms with E-state index < -0.39 is 0 Å². The van der Waals surface area contributed by atoms with Crippen LogP contribution >= 0.6 is 0 Å². The van der Waals surface area contributed by atoms with Crippen LogP contribution < -0.4 is 0 Å². The standard InChI is InChI=1S/C22H32.Na.H/c1-2-3-4-5-6-7-8-9-10-11-15-20-17-14-18-21-16-12-13-19-22(20)21;;/h12-14,16-19H,2-11,15H2,1H3;;. The molecule has 0 unspecified atom stereocenters. The molecule has 0 aliphatic heterocycles. The molecule has 0 aromatic heterocycles. The van der Waals surface area contributed by atoms with Gasteiger partial charge in [0.05, 0.1) is 0 Å². The topological polar surface area (TPSA) is 0 Å². The monoisotopic (exact) mass is 320 g/mol. The van der Waals surface area contributed by atoms with Gasteiger partial charge in [0.1, 0.15) is 0 Å². The van der Waals surface area contributed by atoms with E-state index in [0.717, 1.165) is 0 Å². The molecular formula is C22H33Na. The van der Waals surface area contributed by atoms with Gasteiger partial charge >= 0.3 is 29.6 Å². The minimum absolute atomic E-state index is 0. The van der Waals surface area contributed by atoms with Crippen LogP contribution in [0.3, 0.4) is 0 Å². The van der Waals surface area contributed by atoms with E-state index >= 15 is 0 Å². The minimum atomic E-state index is 0. The Balaban J connectivity index is 0.00000264. The molecule has 1 heteroatoms. The van der Waals surface area contributed by atoms with Gasteiger partial charge in [-0.15, -0.1) is 0 Å². The van der Waals surface area contributed by atoms with Crippen LogP contribution in [0.15, 0.2) is 42.5 Å².